The minimum absolute atomic E-state index is 0.0525. The van der Waals surface area contributed by atoms with Gasteiger partial charge in [-0.2, -0.15) is 0 Å². The molecule has 0 bridgehead atoms. The molecule has 150 valence electrons. The van der Waals surface area contributed by atoms with Crippen LogP contribution in [0.4, 0.5) is 5.13 Å². The van der Waals surface area contributed by atoms with Crippen molar-refractivity contribution >= 4 is 34.1 Å². The quantitative estimate of drug-likeness (QED) is 0.465. The van der Waals surface area contributed by atoms with Gasteiger partial charge in [-0.25, -0.2) is 4.98 Å². The van der Waals surface area contributed by atoms with Gasteiger partial charge in [-0.1, -0.05) is 0 Å². The van der Waals surface area contributed by atoms with Gasteiger partial charge in [0.05, 0.1) is 12.3 Å². The fourth-order valence-corrected chi connectivity index (χ4v) is 3.34. The molecular formula is C20H20N4O4S. The average molecular weight is 412 g/mol. The highest BCUT2D eigenvalue weighted by atomic mass is 32.1. The van der Waals surface area contributed by atoms with Gasteiger partial charge in [-0.3, -0.25) is 14.4 Å². The van der Waals surface area contributed by atoms with Crippen LogP contribution in [-0.2, 0) is 4.79 Å². The fourth-order valence-electron chi connectivity index (χ4n) is 2.61. The van der Waals surface area contributed by atoms with E-state index in [-0.39, 0.29) is 30.2 Å². The predicted octanol–water partition coefficient (Wildman–Crippen LogP) is 3.24. The summed E-state index contributed by atoms with van der Waals surface area (Å²) in [5.41, 5.74) is 7.35. The molecule has 0 unspecified atom stereocenters. The van der Waals surface area contributed by atoms with E-state index in [1.807, 2.05) is 6.92 Å². The van der Waals surface area contributed by atoms with Gasteiger partial charge in [0.25, 0.3) is 5.91 Å². The number of hydrogen-bond acceptors (Lipinski definition) is 6. The van der Waals surface area contributed by atoms with Crippen molar-refractivity contribution in [1.29, 1.82) is 0 Å². The molecule has 3 aromatic rings. The molecule has 0 saturated heterocycles. The molecule has 0 aliphatic carbocycles. The number of nitrogens with one attached hydrogen (secondary N) is 2. The lowest BCUT2D eigenvalue weighted by molar-refractivity contribution is -0.116. The van der Waals surface area contributed by atoms with Crippen LogP contribution in [-0.4, -0.2) is 34.2 Å². The van der Waals surface area contributed by atoms with E-state index in [1.54, 1.807) is 41.9 Å². The number of benzene rings is 1. The van der Waals surface area contributed by atoms with Gasteiger partial charge in [0.15, 0.2) is 10.9 Å². The van der Waals surface area contributed by atoms with Crippen molar-refractivity contribution in [2.24, 2.45) is 5.73 Å². The topological polar surface area (TPSA) is 127 Å². The minimum atomic E-state index is -0.558. The lowest BCUT2D eigenvalue weighted by Crippen LogP contribution is -2.13. The number of ketones is 1. The van der Waals surface area contributed by atoms with Gasteiger partial charge >= 0.3 is 0 Å². The Labute approximate surface area is 171 Å². The van der Waals surface area contributed by atoms with Crippen LogP contribution in [0.3, 0.4) is 0 Å². The number of nitrogens with zero attached hydrogens (tertiary/aromatic N) is 1. The van der Waals surface area contributed by atoms with E-state index in [0.29, 0.717) is 34.3 Å². The largest absolute Gasteiger partial charge is 0.494 e. The molecule has 2 amide bonds. The van der Waals surface area contributed by atoms with Crippen LogP contribution in [0.25, 0.3) is 11.3 Å². The summed E-state index contributed by atoms with van der Waals surface area (Å²) in [5.74, 6) is -0.268. The number of carbonyl (C=O) groups is 3. The van der Waals surface area contributed by atoms with E-state index >= 15 is 0 Å². The second-order valence-electron chi connectivity index (χ2n) is 6.13. The third-order valence-corrected chi connectivity index (χ3v) is 4.82. The normalized spacial score (nSPS) is 10.5. The van der Waals surface area contributed by atoms with Crippen LogP contribution in [0.1, 0.15) is 40.6 Å². The standard InChI is InChI=1S/C20H20N4O4S/c1-2-28-14-5-3-12(4-6-14)17(25)7-8-18(26)24-20-23-16(11-29-20)13-9-15(19(21)27)22-10-13/h3-6,9-11,22H,2,7-8H2,1H3,(H2,21,27)(H,23,24,26). The first-order valence-electron chi connectivity index (χ1n) is 8.96. The summed E-state index contributed by atoms with van der Waals surface area (Å²) < 4.78 is 5.35. The van der Waals surface area contributed by atoms with E-state index in [2.05, 4.69) is 15.3 Å². The Morgan fingerprint density at radius 2 is 1.97 bits per heavy atom. The number of amides is 2. The molecule has 0 aliphatic rings. The van der Waals surface area contributed by atoms with Crippen LogP contribution in [0, 0.1) is 0 Å². The van der Waals surface area contributed by atoms with Gasteiger partial charge in [0.2, 0.25) is 5.91 Å². The summed E-state index contributed by atoms with van der Waals surface area (Å²) in [6, 6.07) is 8.45. The Balaban J connectivity index is 1.52. The van der Waals surface area contributed by atoms with Crippen molar-refractivity contribution in [1.82, 2.24) is 9.97 Å². The van der Waals surface area contributed by atoms with Crippen LogP contribution in [0.2, 0.25) is 0 Å². The maximum Gasteiger partial charge on any atom is 0.265 e. The number of hydrogen-bond donors (Lipinski definition) is 3. The van der Waals surface area contributed by atoms with Gasteiger partial charge in [0, 0.05) is 35.5 Å². The number of ether oxygens (including phenoxy) is 1. The predicted molar refractivity (Wildman–Crippen MR) is 110 cm³/mol. The lowest BCUT2D eigenvalue weighted by Gasteiger charge is -2.05. The zero-order chi connectivity index (χ0) is 20.8. The van der Waals surface area contributed by atoms with E-state index < -0.39 is 5.91 Å². The Morgan fingerprint density at radius 3 is 2.62 bits per heavy atom. The molecule has 0 fully saturated rings. The Kier molecular flexibility index (Phi) is 6.40. The summed E-state index contributed by atoms with van der Waals surface area (Å²) >= 11 is 1.26. The molecule has 9 heteroatoms. The second kappa shape index (κ2) is 9.16. The van der Waals surface area contributed by atoms with E-state index in [1.165, 1.54) is 11.3 Å². The Morgan fingerprint density at radius 1 is 1.21 bits per heavy atom. The number of H-pyrrole nitrogens is 1. The fraction of sp³-hybridized carbons (Fsp3) is 0.200. The summed E-state index contributed by atoms with van der Waals surface area (Å²) in [6.07, 6.45) is 1.77. The number of carbonyl (C=O) groups excluding carboxylic acids is 3. The van der Waals surface area contributed by atoms with Crippen LogP contribution >= 0.6 is 11.3 Å². The lowest BCUT2D eigenvalue weighted by atomic mass is 10.1. The molecule has 0 radical (unpaired) electrons. The molecule has 2 heterocycles. The van der Waals surface area contributed by atoms with Crippen LogP contribution in [0.5, 0.6) is 5.75 Å². The highest BCUT2D eigenvalue weighted by molar-refractivity contribution is 7.14. The first-order valence-corrected chi connectivity index (χ1v) is 9.84. The maximum atomic E-state index is 12.2. The Bertz CT molecular complexity index is 1020. The Hall–Kier alpha value is -3.46. The number of nitrogens with two attached hydrogens (primary N) is 1. The van der Waals surface area contributed by atoms with Gasteiger partial charge in [-0.15, -0.1) is 11.3 Å². The number of aromatic nitrogens is 2. The molecule has 4 N–H and O–H groups in total. The molecule has 29 heavy (non-hydrogen) atoms. The van der Waals surface area contributed by atoms with Crippen molar-refractivity contribution in [3.63, 3.8) is 0 Å². The first-order chi connectivity index (χ1) is 14.0. The molecule has 8 nitrogen and oxygen atoms in total. The number of aromatic amines is 1. The molecule has 2 aromatic heterocycles. The van der Waals surface area contributed by atoms with Crippen molar-refractivity contribution in [2.75, 3.05) is 11.9 Å². The van der Waals surface area contributed by atoms with Gasteiger partial charge in [0.1, 0.15) is 11.4 Å². The van der Waals surface area contributed by atoms with E-state index in [9.17, 15) is 14.4 Å². The molecule has 3 rings (SSSR count). The summed E-state index contributed by atoms with van der Waals surface area (Å²) in [5, 5.41) is 4.86. The molecule has 0 spiro atoms. The van der Waals surface area contributed by atoms with Crippen molar-refractivity contribution in [3.05, 3.63) is 53.2 Å². The third-order valence-electron chi connectivity index (χ3n) is 4.06. The smallest absolute Gasteiger partial charge is 0.265 e. The highest BCUT2D eigenvalue weighted by Crippen LogP contribution is 2.25. The van der Waals surface area contributed by atoms with Crippen LogP contribution in [0.15, 0.2) is 41.9 Å². The summed E-state index contributed by atoms with van der Waals surface area (Å²) in [4.78, 5) is 42.6. The van der Waals surface area contributed by atoms with Gasteiger partial charge in [-0.05, 0) is 37.3 Å². The monoisotopic (exact) mass is 412 g/mol. The molecular weight excluding hydrogens is 392 g/mol. The van der Waals surface area contributed by atoms with Crippen molar-refractivity contribution < 1.29 is 19.1 Å². The average Bonchev–Trinajstić information content (AvgIpc) is 3.36. The summed E-state index contributed by atoms with van der Waals surface area (Å²) in [7, 11) is 0. The molecule has 0 saturated carbocycles. The van der Waals surface area contributed by atoms with E-state index in [0.717, 1.165) is 0 Å². The van der Waals surface area contributed by atoms with Gasteiger partial charge < -0.3 is 20.8 Å². The van der Waals surface area contributed by atoms with Crippen molar-refractivity contribution in [2.45, 2.75) is 19.8 Å². The SMILES string of the molecule is CCOc1ccc(C(=O)CCC(=O)Nc2nc(-c3c[nH]c(C(N)=O)c3)cs2)cc1. The third kappa shape index (κ3) is 5.29. The highest BCUT2D eigenvalue weighted by Gasteiger charge is 2.13. The van der Waals surface area contributed by atoms with E-state index in [4.69, 9.17) is 10.5 Å². The number of Topliss-reactive ketones (excluding diaryl/α,β-unsaturated/α-hetero) is 1. The van der Waals surface area contributed by atoms with Crippen molar-refractivity contribution in [3.8, 4) is 17.0 Å². The zero-order valence-corrected chi connectivity index (χ0v) is 16.5. The maximum absolute atomic E-state index is 12.2. The first kappa shape index (κ1) is 20.3. The zero-order valence-electron chi connectivity index (χ0n) is 15.7. The molecule has 0 atom stereocenters. The molecule has 1 aromatic carbocycles. The second-order valence-corrected chi connectivity index (χ2v) is 6.99. The molecule has 0 aliphatic heterocycles. The minimum Gasteiger partial charge on any atom is -0.494 e. The number of thiazole rings is 1. The number of rotatable bonds is 9. The number of anilines is 1. The number of primary amides is 1. The summed E-state index contributed by atoms with van der Waals surface area (Å²) in [6.45, 7) is 2.45. The van der Waals surface area contributed by atoms with Crippen LogP contribution < -0.4 is 15.8 Å².